The molecule has 1 aliphatic carbocycles. The van der Waals surface area contributed by atoms with E-state index in [4.69, 9.17) is 8.83 Å². The van der Waals surface area contributed by atoms with E-state index in [0.717, 1.165) is 36.5 Å². The van der Waals surface area contributed by atoms with Crippen LogP contribution in [0.5, 0.6) is 0 Å². The van der Waals surface area contributed by atoms with Crippen molar-refractivity contribution >= 4 is 6.01 Å². The number of furan rings is 1. The fraction of sp³-hybridized carbons (Fsp3) is 0.333. The lowest BCUT2D eigenvalue weighted by Gasteiger charge is -2.15. The number of nitrogens with one attached hydrogen (secondary N) is 1. The van der Waals surface area contributed by atoms with E-state index in [1.54, 1.807) is 18.4 Å². The third-order valence-corrected chi connectivity index (χ3v) is 4.24. The first-order chi connectivity index (χ1) is 11.8. The number of rotatable bonds is 7. The van der Waals surface area contributed by atoms with Crippen LogP contribution in [-0.4, -0.2) is 16.7 Å². The van der Waals surface area contributed by atoms with Gasteiger partial charge >= 0.3 is 6.01 Å². The largest absolute Gasteiger partial charge is 0.469 e. The van der Waals surface area contributed by atoms with Gasteiger partial charge in [-0.25, -0.2) is 4.39 Å². The summed E-state index contributed by atoms with van der Waals surface area (Å²) in [5, 5.41) is 11.2. The molecule has 0 amide bonds. The van der Waals surface area contributed by atoms with Crippen molar-refractivity contribution in [1.29, 1.82) is 0 Å². The molecule has 1 saturated carbocycles. The van der Waals surface area contributed by atoms with E-state index < -0.39 is 0 Å². The van der Waals surface area contributed by atoms with E-state index in [2.05, 4.69) is 15.5 Å². The van der Waals surface area contributed by atoms with Gasteiger partial charge in [-0.2, -0.15) is 0 Å². The second-order valence-electron chi connectivity index (χ2n) is 6.05. The van der Waals surface area contributed by atoms with Crippen LogP contribution in [0.15, 0.2) is 51.5 Å². The lowest BCUT2D eigenvalue weighted by molar-refractivity contribution is 0.473. The van der Waals surface area contributed by atoms with E-state index in [9.17, 15) is 4.39 Å². The standard InChI is InChI=1S/C18H18FN3O2/c19-14-7-5-12(6-8-14)15(16-2-1-11-23-16)9-10-20-18-22-21-17(24-18)13-3-4-13/h1-2,5-8,11,13,15H,3-4,9-10H2,(H,20,22). The highest BCUT2D eigenvalue weighted by atomic mass is 19.1. The molecule has 124 valence electrons. The van der Waals surface area contributed by atoms with Crippen LogP contribution < -0.4 is 5.32 Å². The molecule has 0 radical (unpaired) electrons. The fourth-order valence-corrected chi connectivity index (χ4v) is 2.78. The Labute approximate surface area is 138 Å². The van der Waals surface area contributed by atoms with Crippen molar-refractivity contribution in [2.75, 3.05) is 11.9 Å². The van der Waals surface area contributed by atoms with Gasteiger partial charge in [-0.15, -0.1) is 5.10 Å². The lowest BCUT2D eigenvalue weighted by atomic mass is 9.93. The zero-order valence-corrected chi connectivity index (χ0v) is 13.1. The van der Waals surface area contributed by atoms with E-state index in [-0.39, 0.29) is 11.7 Å². The summed E-state index contributed by atoms with van der Waals surface area (Å²) in [6, 6.07) is 10.8. The Hall–Kier alpha value is -2.63. The molecule has 1 fully saturated rings. The number of hydrogen-bond donors (Lipinski definition) is 1. The van der Waals surface area contributed by atoms with Gasteiger partial charge in [0.1, 0.15) is 11.6 Å². The predicted molar refractivity (Wildman–Crippen MR) is 86.3 cm³/mol. The summed E-state index contributed by atoms with van der Waals surface area (Å²) in [7, 11) is 0. The first-order valence-electron chi connectivity index (χ1n) is 8.16. The third kappa shape index (κ3) is 3.32. The van der Waals surface area contributed by atoms with Crippen LogP contribution in [0, 0.1) is 5.82 Å². The van der Waals surface area contributed by atoms with Crippen LogP contribution in [0.1, 0.15) is 48.3 Å². The quantitative estimate of drug-likeness (QED) is 0.700. The predicted octanol–water partition coefficient (Wildman–Crippen LogP) is 4.31. The van der Waals surface area contributed by atoms with Crippen molar-refractivity contribution in [2.24, 2.45) is 0 Å². The molecule has 6 heteroatoms. The Morgan fingerprint density at radius 3 is 2.71 bits per heavy atom. The average Bonchev–Trinajstić information content (AvgIpc) is 3.10. The van der Waals surface area contributed by atoms with Gasteiger partial charge in [0, 0.05) is 18.4 Å². The minimum atomic E-state index is -0.242. The highest BCUT2D eigenvalue weighted by molar-refractivity contribution is 5.28. The molecular weight excluding hydrogens is 309 g/mol. The molecule has 24 heavy (non-hydrogen) atoms. The Kier molecular flexibility index (Phi) is 4.02. The van der Waals surface area contributed by atoms with Crippen molar-refractivity contribution < 1.29 is 13.2 Å². The first-order valence-corrected chi connectivity index (χ1v) is 8.16. The SMILES string of the molecule is Fc1ccc(C(CCNc2nnc(C3CC3)o2)c2ccco2)cc1. The van der Waals surface area contributed by atoms with E-state index in [1.165, 1.54) is 12.1 Å². The highest BCUT2D eigenvalue weighted by Crippen LogP contribution is 2.39. The van der Waals surface area contributed by atoms with Crippen LogP contribution in [-0.2, 0) is 0 Å². The van der Waals surface area contributed by atoms with E-state index in [0.29, 0.717) is 18.5 Å². The van der Waals surface area contributed by atoms with Crippen molar-refractivity contribution in [1.82, 2.24) is 10.2 Å². The molecule has 5 nitrogen and oxygen atoms in total. The molecule has 0 saturated heterocycles. The zero-order valence-electron chi connectivity index (χ0n) is 13.1. The Morgan fingerprint density at radius 1 is 1.17 bits per heavy atom. The second kappa shape index (κ2) is 6.47. The molecule has 1 unspecified atom stereocenters. The minimum Gasteiger partial charge on any atom is -0.469 e. The molecule has 1 atom stereocenters. The number of benzene rings is 1. The topological polar surface area (TPSA) is 64.1 Å². The van der Waals surface area contributed by atoms with Crippen molar-refractivity contribution in [3.05, 3.63) is 65.7 Å². The van der Waals surface area contributed by atoms with Crippen LogP contribution in [0.2, 0.25) is 0 Å². The molecule has 4 rings (SSSR count). The molecule has 2 heterocycles. The summed E-state index contributed by atoms with van der Waals surface area (Å²) in [6.45, 7) is 0.648. The van der Waals surface area contributed by atoms with Crippen LogP contribution >= 0.6 is 0 Å². The van der Waals surface area contributed by atoms with Gasteiger partial charge in [-0.1, -0.05) is 17.2 Å². The van der Waals surface area contributed by atoms with Gasteiger partial charge < -0.3 is 14.2 Å². The average molecular weight is 327 g/mol. The maximum Gasteiger partial charge on any atom is 0.315 e. The molecule has 1 N–H and O–H groups in total. The Bertz CT molecular complexity index is 779. The minimum absolute atomic E-state index is 0.0407. The smallest absolute Gasteiger partial charge is 0.315 e. The van der Waals surface area contributed by atoms with Crippen molar-refractivity contribution in [2.45, 2.75) is 31.1 Å². The Balaban J connectivity index is 1.42. The Morgan fingerprint density at radius 2 is 2.00 bits per heavy atom. The van der Waals surface area contributed by atoms with Crippen LogP contribution in [0.25, 0.3) is 0 Å². The maximum absolute atomic E-state index is 13.2. The van der Waals surface area contributed by atoms with Gasteiger partial charge in [0.05, 0.1) is 6.26 Å². The molecule has 1 aliphatic rings. The molecular formula is C18H18FN3O2. The van der Waals surface area contributed by atoms with Crippen molar-refractivity contribution in [3.8, 4) is 0 Å². The highest BCUT2D eigenvalue weighted by Gasteiger charge is 2.29. The van der Waals surface area contributed by atoms with Gasteiger partial charge in [-0.05, 0) is 49.1 Å². The van der Waals surface area contributed by atoms with E-state index >= 15 is 0 Å². The first kappa shape index (κ1) is 14.9. The number of nitrogens with zero attached hydrogens (tertiary/aromatic N) is 2. The number of anilines is 1. The monoisotopic (exact) mass is 327 g/mol. The molecule has 3 aromatic rings. The molecule has 2 aromatic heterocycles. The summed E-state index contributed by atoms with van der Waals surface area (Å²) >= 11 is 0. The number of aromatic nitrogens is 2. The van der Waals surface area contributed by atoms with Gasteiger partial charge in [0.2, 0.25) is 5.89 Å². The molecule has 0 bridgehead atoms. The van der Waals surface area contributed by atoms with Crippen LogP contribution in [0.4, 0.5) is 10.4 Å². The third-order valence-electron chi connectivity index (χ3n) is 4.24. The fourth-order valence-electron chi connectivity index (χ4n) is 2.78. The van der Waals surface area contributed by atoms with Crippen molar-refractivity contribution in [3.63, 3.8) is 0 Å². The van der Waals surface area contributed by atoms with Gasteiger partial charge in [-0.3, -0.25) is 0 Å². The maximum atomic E-state index is 13.2. The van der Waals surface area contributed by atoms with E-state index in [1.807, 2.05) is 12.1 Å². The summed E-state index contributed by atoms with van der Waals surface area (Å²) in [6.07, 6.45) is 4.68. The summed E-state index contributed by atoms with van der Waals surface area (Å²) in [5.74, 6) is 1.82. The summed E-state index contributed by atoms with van der Waals surface area (Å²) in [5.41, 5.74) is 1.01. The molecule has 1 aromatic carbocycles. The zero-order chi connectivity index (χ0) is 16.4. The molecule has 0 spiro atoms. The van der Waals surface area contributed by atoms with Crippen LogP contribution in [0.3, 0.4) is 0 Å². The van der Waals surface area contributed by atoms with Gasteiger partial charge in [0.25, 0.3) is 0 Å². The summed E-state index contributed by atoms with van der Waals surface area (Å²) in [4.78, 5) is 0. The lowest BCUT2D eigenvalue weighted by Crippen LogP contribution is -2.09. The molecule has 0 aliphatic heterocycles. The number of hydrogen-bond acceptors (Lipinski definition) is 5. The summed E-state index contributed by atoms with van der Waals surface area (Å²) < 4.78 is 24.3. The van der Waals surface area contributed by atoms with Gasteiger partial charge in [0.15, 0.2) is 0 Å². The number of halogens is 1. The second-order valence-corrected chi connectivity index (χ2v) is 6.05. The normalized spacial score (nSPS) is 15.4.